The normalized spacial score (nSPS) is 10.9. The summed E-state index contributed by atoms with van der Waals surface area (Å²) in [6.45, 7) is 2.04. The summed E-state index contributed by atoms with van der Waals surface area (Å²) in [4.78, 5) is 20.5. The van der Waals surface area contributed by atoms with E-state index in [4.69, 9.17) is 9.84 Å². The van der Waals surface area contributed by atoms with Crippen LogP contribution in [0.15, 0.2) is 23.1 Å². The molecule has 0 amide bonds. The van der Waals surface area contributed by atoms with E-state index in [-0.39, 0.29) is 12.4 Å². The first-order chi connectivity index (χ1) is 16.1. The van der Waals surface area contributed by atoms with Crippen molar-refractivity contribution in [3.8, 4) is 5.75 Å². The maximum absolute atomic E-state index is 11.3. The number of aryl methyl sites for hydroxylation is 1. The average molecular weight is 538 g/mol. The van der Waals surface area contributed by atoms with Crippen LogP contribution in [0.25, 0.3) is 0 Å². The number of rotatable bonds is 18. The van der Waals surface area contributed by atoms with Crippen molar-refractivity contribution in [2.75, 3.05) is 32.6 Å². The van der Waals surface area contributed by atoms with Gasteiger partial charge in [0.15, 0.2) is 0 Å². The molecular weight excluding hydrogens is 498 g/mol. The van der Waals surface area contributed by atoms with Gasteiger partial charge < -0.3 is 14.6 Å². The van der Waals surface area contributed by atoms with Crippen LogP contribution >= 0.6 is 25.3 Å². The lowest BCUT2D eigenvalue weighted by Crippen LogP contribution is -2.22. The number of carbonyl (C=O) groups is 2. The smallest absolute Gasteiger partial charge is 0.329 e. The second-order valence-corrected chi connectivity index (χ2v) is 10.7. The second kappa shape index (κ2) is 20.0. The summed E-state index contributed by atoms with van der Waals surface area (Å²) in [5.41, 5.74) is 1.30. The zero-order valence-electron chi connectivity index (χ0n) is 20.1. The molecule has 1 rings (SSSR count). The maximum Gasteiger partial charge on any atom is 0.329 e. The lowest BCUT2D eigenvalue weighted by atomic mass is 10.0. The molecule has 1 aromatic rings. The number of aliphatic carboxylic acids is 1. The van der Waals surface area contributed by atoms with E-state index in [2.05, 4.69) is 53.8 Å². The van der Waals surface area contributed by atoms with Crippen LogP contribution < -0.4 is 9.46 Å². The molecule has 0 heterocycles. The Labute approximate surface area is 215 Å². The fourth-order valence-electron chi connectivity index (χ4n) is 2.85. The van der Waals surface area contributed by atoms with Crippen LogP contribution in [0, 0.1) is 0 Å². The van der Waals surface area contributed by atoms with Gasteiger partial charge in [0.25, 0.3) is 0 Å². The first-order valence-electron chi connectivity index (χ1n) is 11.5. The minimum absolute atomic E-state index is 0.137. The van der Waals surface area contributed by atoms with Crippen LogP contribution in [-0.4, -0.2) is 57.2 Å². The van der Waals surface area contributed by atoms with Crippen molar-refractivity contribution in [2.45, 2.75) is 69.6 Å². The molecule has 1 aromatic carbocycles. The van der Waals surface area contributed by atoms with Gasteiger partial charge in [-0.1, -0.05) is 45.1 Å². The summed E-state index contributed by atoms with van der Waals surface area (Å²) in [7, 11) is -1.68. The minimum Gasteiger partial charge on any atom is -0.492 e. The van der Waals surface area contributed by atoms with Crippen LogP contribution in [0.4, 0.5) is 0 Å². The third kappa shape index (κ3) is 19.1. The Hall–Kier alpha value is -1.27. The molecule has 0 aliphatic rings. The van der Waals surface area contributed by atoms with E-state index in [1.165, 1.54) is 51.1 Å². The highest BCUT2D eigenvalue weighted by atomic mass is 32.2. The molecule has 2 N–H and O–H groups in total. The Bertz CT molecular complexity index is 803. The van der Waals surface area contributed by atoms with Crippen molar-refractivity contribution in [2.24, 2.45) is 0 Å². The molecule has 0 aliphatic carbocycles. The van der Waals surface area contributed by atoms with Crippen LogP contribution in [0.1, 0.15) is 63.9 Å². The van der Waals surface area contributed by atoms with Crippen molar-refractivity contribution in [3.05, 3.63) is 23.8 Å². The van der Waals surface area contributed by atoms with Crippen molar-refractivity contribution in [1.29, 1.82) is 0 Å². The van der Waals surface area contributed by atoms with Gasteiger partial charge in [0.05, 0.1) is 12.4 Å². The zero-order chi connectivity index (χ0) is 25.8. The molecular formula is C23H39NO7S3. The van der Waals surface area contributed by atoms with Crippen LogP contribution in [0.3, 0.4) is 0 Å². The highest BCUT2D eigenvalue weighted by Crippen LogP contribution is 2.25. The molecule has 34 heavy (non-hydrogen) atoms. The van der Waals surface area contributed by atoms with Crippen LogP contribution in [0.2, 0.25) is 0 Å². The van der Waals surface area contributed by atoms with Crippen molar-refractivity contribution < 1.29 is 32.6 Å². The topological polar surface area (TPSA) is 119 Å². The van der Waals surface area contributed by atoms with E-state index in [9.17, 15) is 18.0 Å². The molecule has 0 fully saturated rings. The molecule has 0 saturated carbocycles. The predicted octanol–water partition coefficient (Wildman–Crippen LogP) is 4.13. The Kier molecular flexibility index (Phi) is 19.2. The SMILES string of the molecule is CCCCCCCCc1ccc(OCCCCS(=O)(=O)NC)c(S)c1.O=C(O)COCC(=O)S. The molecule has 0 spiro atoms. The largest absolute Gasteiger partial charge is 0.492 e. The van der Waals surface area contributed by atoms with E-state index >= 15 is 0 Å². The van der Waals surface area contributed by atoms with Crippen molar-refractivity contribution in [3.63, 3.8) is 0 Å². The first kappa shape index (κ1) is 32.7. The fraction of sp³-hybridized carbons (Fsp3) is 0.652. The van der Waals surface area contributed by atoms with Crippen molar-refractivity contribution in [1.82, 2.24) is 4.72 Å². The Morgan fingerprint density at radius 3 is 2.29 bits per heavy atom. The number of carboxylic acid groups (broad SMARTS) is 1. The van der Waals surface area contributed by atoms with Gasteiger partial charge in [-0.2, -0.15) is 0 Å². The molecule has 196 valence electrons. The van der Waals surface area contributed by atoms with E-state index in [0.29, 0.717) is 19.4 Å². The number of hydrogen-bond donors (Lipinski definition) is 4. The number of sulfonamides is 1. The predicted molar refractivity (Wildman–Crippen MR) is 141 cm³/mol. The fourth-order valence-corrected chi connectivity index (χ4v) is 4.04. The number of ether oxygens (including phenoxy) is 2. The standard InChI is InChI=1S/C19H33NO3S2.C4H6O4S/c1-3-4-5-6-7-8-11-17-12-13-18(19(24)16-17)23-14-9-10-15-25(21,22)20-2;5-3(6)1-8-2-4(7)9/h12-13,16,20,24H,3-11,14-15H2,1-2H3;1-2H2,(H,5,6)(H,7,9). The summed E-state index contributed by atoms with van der Waals surface area (Å²) >= 11 is 7.86. The van der Waals surface area contributed by atoms with Gasteiger partial charge in [0, 0.05) is 4.90 Å². The summed E-state index contributed by atoms with van der Waals surface area (Å²) in [5.74, 6) is -0.186. The van der Waals surface area contributed by atoms with Gasteiger partial charge in [-0.3, -0.25) is 4.79 Å². The molecule has 0 radical (unpaired) electrons. The molecule has 8 nitrogen and oxygen atoms in total. The lowest BCUT2D eigenvalue weighted by Gasteiger charge is -2.10. The third-order valence-electron chi connectivity index (χ3n) is 4.67. The number of nitrogens with one attached hydrogen (secondary N) is 1. The number of thiol groups is 2. The van der Waals surface area contributed by atoms with E-state index in [1.54, 1.807) is 0 Å². The second-order valence-electron chi connectivity index (χ2n) is 7.68. The summed E-state index contributed by atoms with van der Waals surface area (Å²) < 4.78 is 35.0. The van der Waals surface area contributed by atoms with Gasteiger partial charge in [-0.05, 0) is 50.4 Å². The van der Waals surface area contributed by atoms with E-state index in [1.807, 2.05) is 6.07 Å². The average Bonchev–Trinajstić information content (AvgIpc) is 2.77. The van der Waals surface area contributed by atoms with Gasteiger partial charge in [0.1, 0.15) is 19.0 Å². The van der Waals surface area contributed by atoms with Gasteiger partial charge >= 0.3 is 5.97 Å². The van der Waals surface area contributed by atoms with Crippen molar-refractivity contribution >= 4 is 46.4 Å². The Balaban J connectivity index is 0.00000102. The number of carboxylic acids is 1. The summed E-state index contributed by atoms with van der Waals surface area (Å²) in [6.07, 6.45) is 10.2. The van der Waals surface area contributed by atoms with E-state index in [0.717, 1.165) is 17.1 Å². The van der Waals surface area contributed by atoms with Gasteiger partial charge in [-0.25, -0.2) is 17.9 Å². The summed E-state index contributed by atoms with van der Waals surface area (Å²) in [5, 5.41) is 7.49. The monoisotopic (exact) mass is 537 g/mol. The maximum atomic E-state index is 11.3. The van der Waals surface area contributed by atoms with E-state index < -0.39 is 27.7 Å². The number of unbranched alkanes of at least 4 members (excludes halogenated alkanes) is 6. The van der Waals surface area contributed by atoms with Gasteiger partial charge in [-0.15, -0.1) is 25.3 Å². The molecule has 11 heteroatoms. The van der Waals surface area contributed by atoms with Crippen LogP contribution in [-0.2, 0) is 30.8 Å². The first-order valence-corrected chi connectivity index (χ1v) is 14.0. The van der Waals surface area contributed by atoms with Gasteiger partial charge in [0.2, 0.25) is 15.1 Å². The number of benzene rings is 1. The third-order valence-corrected chi connectivity index (χ3v) is 6.60. The number of hydrogen-bond acceptors (Lipinski definition) is 7. The van der Waals surface area contributed by atoms with Crippen LogP contribution in [0.5, 0.6) is 5.75 Å². The lowest BCUT2D eigenvalue weighted by molar-refractivity contribution is -0.142. The molecule has 0 aliphatic heterocycles. The molecule has 0 aromatic heterocycles. The zero-order valence-corrected chi connectivity index (χ0v) is 22.7. The Morgan fingerprint density at radius 1 is 1.03 bits per heavy atom. The minimum atomic E-state index is -3.12. The molecule has 0 atom stereocenters. The molecule has 0 unspecified atom stereocenters. The quantitative estimate of drug-likeness (QED) is 0.164. The highest BCUT2D eigenvalue weighted by Gasteiger charge is 2.07. The molecule has 0 bridgehead atoms. The Morgan fingerprint density at radius 2 is 1.71 bits per heavy atom. The summed E-state index contributed by atoms with van der Waals surface area (Å²) in [6, 6.07) is 6.15. The number of carbonyl (C=O) groups excluding carboxylic acids is 1. The highest BCUT2D eigenvalue weighted by molar-refractivity contribution is 7.96. The molecule has 0 saturated heterocycles.